The number of hydrogen-bond acceptors (Lipinski definition) is 4. The molecule has 2 aromatic carbocycles. The number of hydrogen-bond donors (Lipinski definition) is 0. The summed E-state index contributed by atoms with van der Waals surface area (Å²) < 4.78 is 18.7. The normalized spacial score (nSPS) is 13.5. The number of halogens is 1. The second kappa shape index (κ2) is 6.29. The summed E-state index contributed by atoms with van der Waals surface area (Å²) in [7, 11) is 0. The lowest BCUT2D eigenvalue weighted by Crippen LogP contribution is -2.38. The number of ether oxygens (including phenoxy) is 1. The molecule has 0 bridgehead atoms. The summed E-state index contributed by atoms with van der Waals surface area (Å²) in [5.41, 5.74) is 3.39. The molecule has 3 aromatic rings. The van der Waals surface area contributed by atoms with Crippen LogP contribution in [0.25, 0.3) is 11.3 Å². The Morgan fingerprint density at radius 3 is 2.76 bits per heavy atom. The van der Waals surface area contributed by atoms with Gasteiger partial charge in [-0.3, -0.25) is 4.79 Å². The average molecular weight is 354 g/mol. The highest BCUT2D eigenvalue weighted by Gasteiger charge is 2.26. The summed E-state index contributed by atoms with van der Waals surface area (Å²) in [6.07, 6.45) is 0. The lowest BCUT2D eigenvalue weighted by Gasteiger charge is -2.30. The van der Waals surface area contributed by atoms with E-state index < -0.39 is 0 Å². The Bertz CT molecular complexity index is 937. The van der Waals surface area contributed by atoms with Crippen LogP contribution in [0.3, 0.4) is 0 Å². The van der Waals surface area contributed by atoms with Crippen molar-refractivity contribution >= 4 is 22.9 Å². The maximum atomic E-state index is 13.1. The first-order valence-electron chi connectivity index (χ1n) is 7.84. The van der Waals surface area contributed by atoms with E-state index >= 15 is 0 Å². The van der Waals surface area contributed by atoms with Gasteiger partial charge in [-0.15, -0.1) is 11.3 Å². The highest BCUT2D eigenvalue weighted by atomic mass is 32.1. The Morgan fingerprint density at radius 1 is 1.24 bits per heavy atom. The fourth-order valence-corrected chi connectivity index (χ4v) is 3.43. The van der Waals surface area contributed by atoms with E-state index in [2.05, 4.69) is 4.98 Å². The van der Waals surface area contributed by atoms with Crippen molar-refractivity contribution in [1.29, 1.82) is 0 Å². The quantitative estimate of drug-likeness (QED) is 0.708. The molecule has 0 radical (unpaired) electrons. The first-order chi connectivity index (χ1) is 12.1. The second-order valence-electron chi connectivity index (χ2n) is 5.83. The predicted molar refractivity (Wildman–Crippen MR) is 95.4 cm³/mol. The monoisotopic (exact) mass is 354 g/mol. The minimum absolute atomic E-state index is 0.00332. The molecular formula is C19H15FN2O2S. The van der Waals surface area contributed by atoms with Crippen LogP contribution in [0.5, 0.6) is 5.75 Å². The van der Waals surface area contributed by atoms with Crippen LogP contribution in [0.2, 0.25) is 0 Å². The summed E-state index contributed by atoms with van der Waals surface area (Å²) in [4.78, 5) is 18.6. The van der Waals surface area contributed by atoms with Gasteiger partial charge < -0.3 is 9.64 Å². The van der Waals surface area contributed by atoms with Gasteiger partial charge in [0.05, 0.1) is 22.9 Å². The standard InChI is InChI=1S/C19H15FN2O2S/c1-12-21-16(11-25-12)14-4-7-18-17(8-14)22(19(23)10-24-18)9-13-2-5-15(20)6-3-13/h2-8,11H,9-10H2,1H3. The number of carbonyl (C=O) groups is 1. The summed E-state index contributed by atoms with van der Waals surface area (Å²) in [6, 6.07) is 11.9. The van der Waals surface area contributed by atoms with Gasteiger partial charge in [-0.25, -0.2) is 9.37 Å². The fourth-order valence-electron chi connectivity index (χ4n) is 2.80. The first-order valence-corrected chi connectivity index (χ1v) is 8.72. The smallest absolute Gasteiger partial charge is 0.265 e. The zero-order valence-corrected chi connectivity index (χ0v) is 14.3. The molecule has 4 rings (SSSR count). The molecule has 0 aliphatic carbocycles. The van der Waals surface area contributed by atoms with E-state index in [1.165, 1.54) is 12.1 Å². The number of nitrogens with zero attached hydrogens (tertiary/aromatic N) is 2. The van der Waals surface area contributed by atoms with Gasteiger partial charge in [-0.1, -0.05) is 12.1 Å². The van der Waals surface area contributed by atoms with Gasteiger partial charge in [0.2, 0.25) is 0 Å². The average Bonchev–Trinajstić information content (AvgIpc) is 3.05. The Balaban J connectivity index is 1.71. The molecule has 0 N–H and O–H groups in total. The van der Waals surface area contributed by atoms with E-state index in [0.717, 1.165) is 21.8 Å². The summed E-state index contributed by atoms with van der Waals surface area (Å²) >= 11 is 1.58. The minimum atomic E-state index is -0.293. The highest BCUT2D eigenvalue weighted by molar-refractivity contribution is 7.09. The lowest BCUT2D eigenvalue weighted by molar-refractivity contribution is -0.121. The minimum Gasteiger partial charge on any atom is -0.482 e. The van der Waals surface area contributed by atoms with E-state index in [0.29, 0.717) is 18.0 Å². The SMILES string of the molecule is Cc1nc(-c2ccc3c(c2)N(Cc2ccc(F)cc2)C(=O)CO3)cs1. The van der Waals surface area contributed by atoms with Crippen LogP contribution in [0, 0.1) is 12.7 Å². The van der Waals surface area contributed by atoms with E-state index in [1.54, 1.807) is 28.4 Å². The van der Waals surface area contributed by atoms with Gasteiger partial charge in [0.25, 0.3) is 5.91 Å². The van der Waals surface area contributed by atoms with Crippen molar-refractivity contribution in [3.05, 3.63) is 64.2 Å². The Morgan fingerprint density at radius 2 is 2.04 bits per heavy atom. The lowest BCUT2D eigenvalue weighted by atomic mass is 10.1. The fraction of sp³-hybridized carbons (Fsp3) is 0.158. The van der Waals surface area contributed by atoms with E-state index in [1.807, 2.05) is 30.5 Å². The number of aryl methyl sites for hydroxylation is 1. The molecule has 126 valence electrons. The van der Waals surface area contributed by atoms with E-state index in [9.17, 15) is 9.18 Å². The van der Waals surface area contributed by atoms with Gasteiger partial charge in [-0.2, -0.15) is 0 Å². The Hall–Kier alpha value is -2.73. The Labute approximate surface area is 148 Å². The molecule has 0 spiro atoms. The molecule has 2 heterocycles. The maximum Gasteiger partial charge on any atom is 0.265 e. The van der Waals surface area contributed by atoms with Crippen LogP contribution < -0.4 is 9.64 Å². The zero-order valence-electron chi connectivity index (χ0n) is 13.5. The van der Waals surface area contributed by atoms with Crippen molar-refractivity contribution in [2.24, 2.45) is 0 Å². The zero-order chi connectivity index (χ0) is 17.4. The molecule has 0 fully saturated rings. The third-order valence-corrected chi connectivity index (χ3v) is 4.84. The number of benzene rings is 2. The molecule has 0 atom stereocenters. The maximum absolute atomic E-state index is 13.1. The summed E-state index contributed by atoms with van der Waals surface area (Å²) in [5, 5.41) is 2.98. The van der Waals surface area contributed by atoms with Crippen molar-refractivity contribution < 1.29 is 13.9 Å². The number of aromatic nitrogens is 1. The van der Waals surface area contributed by atoms with Crippen LogP contribution in [0.4, 0.5) is 10.1 Å². The summed E-state index contributed by atoms with van der Waals surface area (Å²) in [6.45, 7) is 2.33. The van der Waals surface area contributed by atoms with Gasteiger partial charge in [0, 0.05) is 10.9 Å². The van der Waals surface area contributed by atoms with Crippen molar-refractivity contribution in [3.63, 3.8) is 0 Å². The predicted octanol–water partition coefficient (Wildman–Crippen LogP) is 4.18. The van der Waals surface area contributed by atoms with Crippen LogP contribution in [0.15, 0.2) is 47.8 Å². The molecule has 1 amide bonds. The molecule has 0 saturated carbocycles. The molecular weight excluding hydrogens is 339 g/mol. The highest BCUT2D eigenvalue weighted by Crippen LogP contribution is 2.37. The van der Waals surface area contributed by atoms with Gasteiger partial charge in [0.15, 0.2) is 6.61 Å². The molecule has 1 aliphatic heterocycles. The topological polar surface area (TPSA) is 42.4 Å². The van der Waals surface area contributed by atoms with Crippen molar-refractivity contribution in [1.82, 2.24) is 4.98 Å². The van der Waals surface area contributed by atoms with Crippen molar-refractivity contribution in [2.75, 3.05) is 11.5 Å². The molecule has 25 heavy (non-hydrogen) atoms. The number of amides is 1. The van der Waals surface area contributed by atoms with E-state index in [4.69, 9.17) is 4.74 Å². The second-order valence-corrected chi connectivity index (χ2v) is 6.89. The van der Waals surface area contributed by atoms with Gasteiger partial charge in [-0.05, 0) is 42.8 Å². The molecule has 1 aromatic heterocycles. The van der Waals surface area contributed by atoms with Crippen LogP contribution in [-0.4, -0.2) is 17.5 Å². The molecule has 4 nitrogen and oxygen atoms in total. The number of fused-ring (bicyclic) bond motifs is 1. The molecule has 0 saturated heterocycles. The largest absolute Gasteiger partial charge is 0.482 e. The first kappa shape index (κ1) is 15.8. The third kappa shape index (κ3) is 3.13. The number of anilines is 1. The van der Waals surface area contributed by atoms with Crippen LogP contribution in [0.1, 0.15) is 10.6 Å². The summed E-state index contributed by atoms with van der Waals surface area (Å²) in [5.74, 6) is 0.250. The van der Waals surface area contributed by atoms with Crippen LogP contribution >= 0.6 is 11.3 Å². The van der Waals surface area contributed by atoms with Crippen molar-refractivity contribution in [3.8, 4) is 17.0 Å². The molecule has 1 aliphatic rings. The Kier molecular flexibility index (Phi) is 3.97. The van der Waals surface area contributed by atoms with E-state index in [-0.39, 0.29) is 18.3 Å². The number of rotatable bonds is 3. The molecule has 6 heteroatoms. The number of thiazole rings is 1. The number of carbonyl (C=O) groups excluding carboxylic acids is 1. The van der Waals surface area contributed by atoms with Gasteiger partial charge >= 0.3 is 0 Å². The van der Waals surface area contributed by atoms with Crippen molar-refractivity contribution in [2.45, 2.75) is 13.5 Å². The van der Waals surface area contributed by atoms with Crippen LogP contribution in [-0.2, 0) is 11.3 Å². The van der Waals surface area contributed by atoms with Gasteiger partial charge in [0.1, 0.15) is 11.6 Å². The molecule has 0 unspecified atom stereocenters. The third-order valence-electron chi connectivity index (χ3n) is 4.07.